The monoisotopic (exact) mass is 319 g/mol. The third kappa shape index (κ3) is 3.44. The predicted molar refractivity (Wildman–Crippen MR) is 80.9 cm³/mol. The van der Waals surface area contributed by atoms with Crippen LogP contribution in [0.25, 0.3) is 10.9 Å². The Hall–Kier alpha value is -0.710. The molecule has 2 rings (SSSR count). The van der Waals surface area contributed by atoms with Crippen molar-refractivity contribution in [2.24, 2.45) is 0 Å². The number of halogens is 2. The summed E-state index contributed by atoms with van der Waals surface area (Å²) in [7, 11) is -2.91. The molecule has 0 N–H and O–H groups in total. The van der Waals surface area contributed by atoms with Gasteiger partial charge in [-0.25, -0.2) is 8.42 Å². The highest BCUT2D eigenvalue weighted by molar-refractivity contribution is 7.91. The van der Waals surface area contributed by atoms with Crippen LogP contribution in [-0.4, -0.2) is 24.5 Å². The maximum atomic E-state index is 11.4. The van der Waals surface area contributed by atoms with E-state index in [1.807, 2.05) is 22.9 Å². The molecule has 0 amide bonds. The SMILES string of the molecule is CCS(=O)(=O)CCCn1ccc2c(Cl)cc(Cl)cc21. The van der Waals surface area contributed by atoms with E-state index in [-0.39, 0.29) is 11.5 Å². The van der Waals surface area contributed by atoms with Crippen LogP contribution >= 0.6 is 23.2 Å². The van der Waals surface area contributed by atoms with Crippen molar-refractivity contribution in [3.8, 4) is 0 Å². The van der Waals surface area contributed by atoms with Gasteiger partial charge in [-0.2, -0.15) is 0 Å². The summed E-state index contributed by atoms with van der Waals surface area (Å²) in [6, 6.07) is 5.47. The summed E-state index contributed by atoms with van der Waals surface area (Å²) in [6.45, 7) is 2.30. The summed E-state index contributed by atoms with van der Waals surface area (Å²) < 4.78 is 24.9. The van der Waals surface area contributed by atoms with Gasteiger partial charge in [0.15, 0.2) is 0 Å². The van der Waals surface area contributed by atoms with E-state index in [0.717, 1.165) is 10.9 Å². The third-order valence-electron chi connectivity index (χ3n) is 3.10. The Morgan fingerprint density at radius 2 is 2.00 bits per heavy atom. The first-order valence-electron chi connectivity index (χ1n) is 6.07. The number of aromatic nitrogens is 1. The Bertz CT molecular complexity index is 692. The van der Waals surface area contributed by atoms with Crippen LogP contribution in [0.5, 0.6) is 0 Å². The standard InChI is InChI=1S/C13H15Cl2NO2S/c1-2-19(17,18)7-3-5-16-6-4-11-12(15)8-10(14)9-13(11)16/h4,6,8-9H,2-3,5,7H2,1H3. The molecule has 104 valence electrons. The first kappa shape index (κ1) is 14.7. The van der Waals surface area contributed by atoms with E-state index in [1.165, 1.54) is 0 Å². The molecule has 0 aliphatic rings. The van der Waals surface area contributed by atoms with E-state index in [0.29, 0.717) is 23.0 Å². The van der Waals surface area contributed by atoms with Gasteiger partial charge in [-0.1, -0.05) is 30.1 Å². The molecular formula is C13H15Cl2NO2S. The number of rotatable bonds is 5. The first-order chi connectivity index (χ1) is 8.93. The van der Waals surface area contributed by atoms with Crippen LogP contribution in [0.3, 0.4) is 0 Å². The maximum absolute atomic E-state index is 11.4. The summed E-state index contributed by atoms with van der Waals surface area (Å²) in [5.74, 6) is 0.397. The van der Waals surface area contributed by atoms with Crippen LogP contribution in [0.1, 0.15) is 13.3 Å². The number of sulfone groups is 1. The lowest BCUT2D eigenvalue weighted by Crippen LogP contribution is -2.11. The van der Waals surface area contributed by atoms with E-state index in [4.69, 9.17) is 23.2 Å². The summed E-state index contributed by atoms with van der Waals surface area (Å²) in [4.78, 5) is 0. The van der Waals surface area contributed by atoms with Crippen molar-refractivity contribution in [2.75, 3.05) is 11.5 Å². The van der Waals surface area contributed by atoms with Gasteiger partial charge in [-0.3, -0.25) is 0 Å². The smallest absolute Gasteiger partial charge is 0.150 e. The fourth-order valence-corrected chi connectivity index (χ4v) is 3.42. The first-order valence-corrected chi connectivity index (χ1v) is 8.65. The molecule has 0 atom stereocenters. The van der Waals surface area contributed by atoms with Crippen LogP contribution in [0.15, 0.2) is 24.4 Å². The molecular weight excluding hydrogens is 305 g/mol. The van der Waals surface area contributed by atoms with E-state index in [9.17, 15) is 8.42 Å². The van der Waals surface area contributed by atoms with Gasteiger partial charge < -0.3 is 4.57 Å². The fourth-order valence-electron chi connectivity index (χ4n) is 2.01. The van der Waals surface area contributed by atoms with Crippen molar-refractivity contribution in [1.29, 1.82) is 0 Å². The average molecular weight is 320 g/mol. The van der Waals surface area contributed by atoms with Crippen molar-refractivity contribution in [2.45, 2.75) is 19.9 Å². The van der Waals surface area contributed by atoms with Crippen LogP contribution in [-0.2, 0) is 16.4 Å². The van der Waals surface area contributed by atoms with Gasteiger partial charge in [0.1, 0.15) is 9.84 Å². The van der Waals surface area contributed by atoms with Crippen LogP contribution in [0.2, 0.25) is 10.0 Å². The second kappa shape index (κ2) is 5.73. The lowest BCUT2D eigenvalue weighted by Gasteiger charge is -2.06. The molecule has 0 saturated carbocycles. The summed E-state index contributed by atoms with van der Waals surface area (Å²) in [5.41, 5.74) is 0.936. The highest BCUT2D eigenvalue weighted by Crippen LogP contribution is 2.28. The molecule has 0 saturated heterocycles. The fraction of sp³-hybridized carbons (Fsp3) is 0.385. The van der Waals surface area contributed by atoms with Crippen LogP contribution in [0, 0.1) is 0 Å². The van der Waals surface area contributed by atoms with Crippen molar-refractivity contribution in [3.63, 3.8) is 0 Å². The number of aryl methyl sites for hydroxylation is 1. The van der Waals surface area contributed by atoms with Crippen molar-refractivity contribution in [3.05, 3.63) is 34.4 Å². The minimum Gasteiger partial charge on any atom is -0.347 e. The number of benzene rings is 1. The molecule has 0 spiro atoms. The number of hydrogen-bond donors (Lipinski definition) is 0. The van der Waals surface area contributed by atoms with E-state index in [1.54, 1.807) is 13.0 Å². The third-order valence-corrected chi connectivity index (χ3v) is 5.42. The molecule has 0 bridgehead atoms. The zero-order chi connectivity index (χ0) is 14.0. The van der Waals surface area contributed by atoms with Crippen LogP contribution < -0.4 is 0 Å². The van der Waals surface area contributed by atoms with E-state index in [2.05, 4.69) is 0 Å². The second-order valence-electron chi connectivity index (χ2n) is 4.42. The van der Waals surface area contributed by atoms with Gasteiger partial charge in [0.25, 0.3) is 0 Å². The molecule has 6 heteroatoms. The summed E-state index contributed by atoms with van der Waals surface area (Å²) >= 11 is 12.1. The molecule has 0 radical (unpaired) electrons. The molecule has 0 unspecified atom stereocenters. The largest absolute Gasteiger partial charge is 0.347 e. The molecule has 1 heterocycles. The van der Waals surface area contributed by atoms with Crippen molar-refractivity contribution < 1.29 is 8.42 Å². The minimum absolute atomic E-state index is 0.192. The Kier molecular flexibility index (Phi) is 4.43. The number of fused-ring (bicyclic) bond motifs is 1. The van der Waals surface area contributed by atoms with E-state index >= 15 is 0 Å². The Balaban J connectivity index is 2.18. The molecule has 0 fully saturated rings. The topological polar surface area (TPSA) is 39.1 Å². The number of hydrogen-bond acceptors (Lipinski definition) is 2. The van der Waals surface area contributed by atoms with Crippen molar-refractivity contribution >= 4 is 43.9 Å². The zero-order valence-electron chi connectivity index (χ0n) is 10.6. The average Bonchev–Trinajstić information content (AvgIpc) is 2.73. The quantitative estimate of drug-likeness (QED) is 0.841. The normalized spacial score (nSPS) is 12.2. The highest BCUT2D eigenvalue weighted by Gasteiger charge is 2.09. The molecule has 19 heavy (non-hydrogen) atoms. The molecule has 2 aromatic rings. The second-order valence-corrected chi connectivity index (χ2v) is 7.74. The maximum Gasteiger partial charge on any atom is 0.150 e. The Labute approximate surface area is 123 Å². The van der Waals surface area contributed by atoms with Crippen molar-refractivity contribution in [1.82, 2.24) is 4.57 Å². The molecule has 0 aliphatic carbocycles. The van der Waals surface area contributed by atoms with E-state index < -0.39 is 9.84 Å². The van der Waals surface area contributed by atoms with Gasteiger partial charge in [0.2, 0.25) is 0 Å². The molecule has 0 aliphatic heterocycles. The highest BCUT2D eigenvalue weighted by atomic mass is 35.5. The lowest BCUT2D eigenvalue weighted by atomic mass is 10.2. The molecule has 1 aromatic heterocycles. The Morgan fingerprint density at radius 3 is 2.68 bits per heavy atom. The van der Waals surface area contributed by atoms with Gasteiger partial charge in [-0.15, -0.1) is 0 Å². The number of nitrogens with zero attached hydrogens (tertiary/aromatic N) is 1. The summed E-state index contributed by atoms with van der Waals surface area (Å²) in [5, 5.41) is 2.13. The van der Waals surface area contributed by atoms with Gasteiger partial charge >= 0.3 is 0 Å². The van der Waals surface area contributed by atoms with Gasteiger partial charge in [-0.05, 0) is 24.6 Å². The minimum atomic E-state index is -2.91. The zero-order valence-corrected chi connectivity index (χ0v) is 12.9. The predicted octanol–water partition coefficient (Wildman–Crippen LogP) is 3.77. The van der Waals surface area contributed by atoms with Crippen LogP contribution in [0.4, 0.5) is 0 Å². The van der Waals surface area contributed by atoms with Gasteiger partial charge in [0.05, 0.1) is 16.3 Å². The Morgan fingerprint density at radius 1 is 1.26 bits per heavy atom. The van der Waals surface area contributed by atoms with Gasteiger partial charge in [0, 0.05) is 28.9 Å². The lowest BCUT2D eigenvalue weighted by molar-refractivity contribution is 0.589. The summed E-state index contributed by atoms with van der Waals surface area (Å²) in [6.07, 6.45) is 2.50. The molecule has 1 aromatic carbocycles. The molecule has 3 nitrogen and oxygen atoms in total.